The summed E-state index contributed by atoms with van der Waals surface area (Å²) in [5.74, 6) is 3.42. The second kappa shape index (κ2) is 7.17. The van der Waals surface area contributed by atoms with Gasteiger partial charge >= 0.3 is 6.09 Å². The fourth-order valence-electron chi connectivity index (χ4n) is 10.7. The average molecular weight is 480 g/mol. The van der Waals surface area contributed by atoms with Crippen LogP contribution in [0.2, 0.25) is 0 Å². The van der Waals surface area contributed by atoms with Crippen LogP contribution in [0.15, 0.2) is 23.3 Å². The molecule has 1 spiro atoms. The first-order valence-electron chi connectivity index (χ1n) is 14.6. The van der Waals surface area contributed by atoms with Crippen molar-refractivity contribution in [3.63, 3.8) is 0 Å². The van der Waals surface area contributed by atoms with Gasteiger partial charge in [-0.2, -0.15) is 0 Å². The lowest BCUT2D eigenvalue weighted by Gasteiger charge is -2.60. The number of fused-ring (bicyclic) bond motifs is 8. The van der Waals surface area contributed by atoms with Gasteiger partial charge in [0.05, 0.1) is 12.6 Å². The molecule has 0 aromatic heterocycles. The smallest absolute Gasteiger partial charge is 0.410 e. The van der Waals surface area contributed by atoms with Crippen molar-refractivity contribution in [2.45, 2.75) is 104 Å². The molecular weight excluding hydrogens is 434 g/mol. The molecule has 1 N–H and O–H groups in total. The summed E-state index contributed by atoms with van der Waals surface area (Å²) in [5, 5.41) is 10.3. The van der Waals surface area contributed by atoms with E-state index in [1.165, 1.54) is 31.3 Å². The summed E-state index contributed by atoms with van der Waals surface area (Å²) >= 11 is 0. The summed E-state index contributed by atoms with van der Waals surface area (Å²) < 4.78 is 6.47. The SMILES string of the molecule is CC12CCC(O)CC1=CC=C1C2CCC2(C)C1CCC21CN(CC2CCC3CC2C3(C)C)C(=O)O1. The van der Waals surface area contributed by atoms with Crippen LogP contribution >= 0.6 is 0 Å². The predicted octanol–water partition coefficient (Wildman–Crippen LogP) is 6.49. The van der Waals surface area contributed by atoms with Gasteiger partial charge in [0.1, 0.15) is 5.60 Å². The molecule has 4 nitrogen and oxygen atoms in total. The van der Waals surface area contributed by atoms with Crippen molar-refractivity contribution in [1.29, 1.82) is 0 Å². The van der Waals surface area contributed by atoms with Gasteiger partial charge in [0.25, 0.3) is 0 Å². The van der Waals surface area contributed by atoms with E-state index in [-0.39, 0.29) is 28.6 Å². The third-order valence-corrected chi connectivity index (χ3v) is 13.3. The van der Waals surface area contributed by atoms with Gasteiger partial charge < -0.3 is 14.7 Å². The van der Waals surface area contributed by atoms with E-state index in [1.807, 2.05) is 0 Å². The van der Waals surface area contributed by atoms with E-state index in [4.69, 9.17) is 4.74 Å². The molecule has 1 aliphatic heterocycles. The Balaban J connectivity index is 1.13. The molecular formula is C31H45NO3. The zero-order chi connectivity index (χ0) is 24.4. The Morgan fingerprint density at radius 1 is 1.00 bits per heavy atom. The molecule has 7 fully saturated rings. The molecule has 192 valence electrons. The first-order chi connectivity index (χ1) is 16.6. The Kier molecular flexibility index (Phi) is 4.69. The van der Waals surface area contributed by atoms with Gasteiger partial charge in [0.2, 0.25) is 0 Å². The second-order valence-corrected chi connectivity index (χ2v) is 14.7. The van der Waals surface area contributed by atoms with Crippen molar-refractivity contribution >= 4 is 6.09 Å². The summed E-state index contributed by atoms with van der Waals surface area (Å²) in [6, 6.07) is 0. The molecule has 8 rings (SSSR count). The number of carbonyl (C=O) groups excluding carboxylic acids is 1. The molecule has 0 radical (unpaired) electrons. The highest BCUT2D eigenvalue weighted by atomic mass is 16.6. The van der Waals surface area contributed by atoms with E-state index in [0.29, 0.717) is 23.2 Å². The Bertz CT molecular complexity index is 1010. The van der Waals surface area contributed by atoms with Crippen molar-refractivity contribution in [2.75, 3.05) is 13.1 Å². The standard InChI is InChI=1S/C31H45NO3/c1-28(2)20-6-5-19(26(28)16-20)17-32-18-31(35-27(32)34)14-11-25-23-8-7-21-15-22(33)9-12-29(21,3)24(23)10-13-30(25,31)4/h7-8,19-20,22,24-26,33H,5-6,9-18H2,1-4H3. The highest BCUT2D eigenvalue weighted by molar-refractivity contribution is 5.71. The molecule has 8 aliphatic rings. The van der Waals surface area contributed by atoms with E-state index in [1.54, 1.807) is 5.57 Å². The molecule has 0 aromatic rings. The Morgan fingerprint density at radius 2 is 1.80 bits per heavy atom. The van der Waals surface area contributed by atoms with Crippen LogP contribution in [0.25, 0.3) is 0 Å². The van der Waals surface area contributed by atoms with Gasteiger partial charge in [-0.15, -0.1) is 0 Å². The number of nitrogens with zero attached hydrogens (tertiary/aromatic N) is 1. The zero-order valence-electron chi connectivity index (χ0n) is 22.3. The number of rotatable bonds is 2. The normalized spacial score (nSPS) is 51.6. The molecule has 9 atom stereocenters. The first-order valence-corrected chi connectivity index (χ1v) is 14.6. The predicted molar refractivity (Wildman–Crippen MR) is 137 cm³/mol. The second-order valence-electron chi connectivity index (χ2n) is 14.7. The molecule has 1 saturated heterocycles. The van der Waals surface area contributed by atoms with Crippen molar-refractivity contribution in [3.05, 3.63) is 23.3 Å². The maximum atomic E-state index is 13.3. The zero-order valence-corrected chi connectivity index (χ0v) is 22.3. The Morgan fingerprint density at radius 3 is 2.57 bits per heavy atom. The van der Waals surface area contributed by atoms with Gasteiger partial charge in [-0.3, -0.25) is 0 Å². The fraction of sp³-hybridized carbons (Fsp3) is 0.839. The van der Waals surface area contributed by atoms with Gasteiger partial charge in [-0.05, 0) is 105 Å². The Hall–Kier alpha value is -1.29. The third-order valence-electron chi connectivity index (χ3n) is 13.3. The molecule has 0 aromatic carbocycles. The van der Waals surface area contributed by atoms with Crippen LogP contribution in [0.3, 0.4) is 0 Å². The highest BCUT2D eigenvalue weighted by Crippen LogP contribution is 2.68. The van der Waals surface area contributed by atoms with E-state index < -0.39 is 0 Å². The van der Waals surface area contributed by atoms with E-state index in [9.17, 15) is 9.90 Å². The van der Waals surface area contributed by atoms with E-state index >= 15 is 0 Å². The fourth-order valence-corrected chi connectivity index (χ4v) is 10.7. The lowest BCUT2D eigenvalue weighted by molar-refractivity contribution is -0.109. The number of hydrogen-bond donors (Lipinski definition) is 1. The summed E-state index contributed by atoms with van der Waals surface area (Å²) in [6.45, 7) is 11.5. The number of aliphatic hydroxyl groups is 1. The maximum absolute atomic E-state index is 13.3. The number of allylic oxidation sites excluding steroid dienone is 3. The molecule has 2 bridgehead atoms. The number of amides is 1. The van der Waals surface area contributed by atoms with Gasteiger partial charge in [0.15, 0.2) is 0 Å². The van der Waals surface area contributed by atoms with E-state index in [2.05, 4.69) is 44.7 Å². The summed E-state index contributed by atoms with van der Waals surface area (Å²) in [7, 11) is 0. The van der Waals surface area contributed by atoms with Crippen LogP contribution in [0.1, 0.15) is 91.9 Å². The van der Waals surface area contributed by atoms with Crippen molar-refractivity contribution in [3.8, 4) is 0 Å². The number of aliphatic hydroxyl groups excluding tert-OH is 1. The topological polar surface area (TPSA) is 49.8 Å². The van der Waals surface area contributed by atoms with Crippen LogP contribution in [0.5, 0.6) is 0 Å². The van der Waals surface area contributed by atoms with Crippen LogP contribution in [0.4, 0.5) is 4.79 Å². The molecule has 1 heterocycles. The molecule has 4 heteroatoms. The lowest BCUT2D eigenvalue weighted by Crippen LogP contribution is -2.55. The molecule has 6 saturated carbocycles. The van der Waals surface area contributed by atoms with Crippen LogP contribution in [0, 0.1) is 45.8 Å². The van der Waals surface area contributed by atoms with Gasteiger partial charge in [-0.25, -0.2) is 4.79 Å². The first kappa shape index (κ1) is 22.9. The van der Waals surface area contributed by atoms with Crippen molar-refractivity contribution in [2.24, 2.45) is 45.8 Å². The van der Waals surface area contributed by atoms with Crippen LogP contribution < -0.4 is 0 Å². The molecule has 35 heavy (non-hydrogen) atoms. The van der Waals surface area contributed by atoms with Crippen LogP contribution in [-0.4, -0.2) is 40.9 Å². The Labute approximate surface area is 211 Å². The molecule has 1 amide bonds. The maximum Gasteiger partial charge on any atom is 0.410 e. The minimum atomic E-state index is -0.319. The van der Waals surface area contributed by atoms with Gasteiger partial charge in [0, 0.05) is 12.0 Å². The lowest BCUT2D eigenvalue weighted by atomic mass is 9.45. The van der Waals surface area contributed by atoms with Crippen LogP contribution in [-0.2, 0) is 4.74 Å². The highest BCUT2D eigenvalue weighted by Gasteiger charge is 2.67. The van der Waals surface area contributed by atoms with E-state index in [0.717, 1.165) is 63.5 Å². The monoisotopic (exact) mass is 479 g/mol. The van der Waals surface area contributed by atoms with Crippen molar-refractivity contribution in [1.82, 2.24) is 4.90 Å². The summed E-state index contributed by atoms with van der Waals surface area (Å²) in [6.07, 6.45) is 15.9. The summed E-state index contributed by atoms with van der Waals surface area (Å²) in [4.78, 5) is 15.4. The largest absolute Gasteiger partial charge is 0.440 e. The minimum absolute atomic E-state index is 0.0308. The van der Waals surface area contributed by atoms with Gasteiger partial charge in [-0.1, -0.05) is 51.0 Å². The van der Waals surface area contributed by atoms with Crippen molar-refractivity contribution < 1.29 is 14.6 Å². The summed E-state index contributed by atoms with van der Waals surface area (Å²) in [5.41, 5.74) is 3.46. The number of hydrogen-bond acceptors (Lipinski definition) is 3. The number of ether oxygens (including phenoxy) is 1. The third kappa shape index (κ3) is 2.87. The quantitative estimate of drug-likeness (QED) is 0.492. The minimum Gasteiger partial charge on any atom is -0.440 e. The molecule has 9 unspecified atom stereocenters. The molecule has 7 aliphatic carbocycles. The average Bonchev–Trinajstić information content (AvgIpc) is 3.29. The number of carbonyl (C=O) groups is 1.